The van der Waals surface area contributed by atoms with Crippen LogP contribution in [0.1, 0.15) is 19.4 Å². The number of fused-ring (bicyclic) bond motifs is 4. The van der Waals surface area contributed by atoms with Crippen molar-refractivity contribution in [2.75, 3.05) is 14.1 Å². The lowest BCUT2D eigenvalue weighted by Crippen LogP contribution is -2.63. The lowest BCUT2D eigenvalue weighted by Gasteiger charge is -2.39. The molecule has 3 aliphatic heterocycles. The highest BCUT2D eigenvalue weighted by molar-refractivity contribution is 6.05. The third-order valence-corrected chi connectivity index (χ3v) is 6.33. The van der Waals surface area contributed by atoms with Crippen LogP contribution in [-0.2, 0) is 11.3 Å². The van der Waals surface area contributed by atoms with Crippen LogP contribution >= 0.6 is 0 Å². The highest BCUT2D eigenvalue weighted by atomic mass is 16.2. The lowest BCUT2D eigenvalue weighted by atomic mass is 10.0. The molecule has 5 rings (SSSR count). The molecule has 3 heterocycles. The standard InChI is InChI=1S/C22H23N5O2/c1-13-14(2)27-18-19(24(3)22(29)25(4)20(18)28)23-21(27)26(13)12-16-10-7-9-15-8-5-6-11-17(15)16/h5-11,18-19H,12H2,1-4H3. The zero-order chi connectivity index (χ0) is 20.4. The molecule has 3 amide bonds. The van der Waals surface area contributed by atoms with Gasteiger partial charge in [-0.1, -0.05) is 42.5 Å². The van der Waals surface area contributed by atoms with Gasteiger partial charge in [0.25, 0.3) is 5.91 Å². The fourth-order valence-electron chi connectivity index (χ4n) is 4.56. The summed E-state index contributed by atoms with van der Waals surface area (Å²) in [5, 5.41) is 2.40. The van der Waals surface area contributed by atoms with Gasteiger partial charge >= 0.3 is 6.03 Å². The van der Waals surface area contributed by atoms with Crippen molar-refractivity contribution < 1.29 is 9.59 Å². The summed E-state index contributed by atoms with van der Waals surface area (Å²) in [6, 6.07) is 13.8. The Bertz CT molecular complexity index is 1120. The Balaban J connectivity index is 1.56. The molecule has 7 heteroatoms. The minimum Gasteiger partial charge on any atom is -0.310 e. The largest absolute Gasteiger partial charge is 0.328 e. The molecule has 148 valence electrons. The van der Waals surface area contributed by atoms with Crippen LogP contribution in [0, 0.1) is 0 Å². The Morgan fingerprint density at radius 2 is 1.69 bits per heavy atom. The molecule has 7 nitrogen and oxygen atoms in total. The molecule has 2 atom stereocenters. The smallest absolute Gasteiger partial charge is 0.310 e. The maximum absolute atomic E-state index is 12.9. The molecular weight excluding hydrogens is 366 g/mol. The SMILES string of the molecule is CC1=C(C)N2C(=NC3C2C(=O)N(C)C(=O)N3C)N1Cc1cccc2ccccc12. The second-order valence-corrected chi connectivity index (χ2v) is 7.84. The minimum atomic E-state index is -0.509. The molecule has 0 aromatic heterocycles. The summed E-state index contributed by atoms with van der Waals surface area (Å²) < 4.78 is 0. The number of imide groups is 1. The molecule has 2 aromatic carbocycles. The first kappa shape index (κ1) is 17.7. The summed E-state index contributed by atoms with van der Waals surface area (Å²) in [4.78, 5) is 37.0. The van der Waals surface area contributed by atoms with Gasteiger partial charge in [0.1, 0.15) is 0 Å². The minimum absolute atomic E-state index is 0.212. The fraction of sp³-hybridized carbons (Fsp3) is 0.318. The van der Waals surface area contributed by atoms with Crippen molar-refractivity contribution in [1.29, 1.82) is 0 Å². The molecule has 0 saturated carbocycles. The number of hydrogen-bond acceptors (Lipinski definition) is 5. The summed E-state index contributed by atoms with van der Waals surface area (Å²) in [7, 11) is 3.24. The molecule has 0 radical (unpaired) electrons. The second-order valence-electron chi connectivity index (χ2n) is 7.84. The number of hydrogen-bond donors (Lipinski definition) is 0. The topological polar surface area (TPSA) is 59.5 Å². The summed E-state index contributed by atoms with van der Waals surface area (Å²) in [5.41, 5.74) is 3.27. The van der Waals surface area contributed by atoms with E-state index >= 15 is 0 Å². The van der Waals surface area contributed by atoms with Crippen LogP contribution in [0.15, 0.2) is 58.9 Å². The third-order valence-electron chi connectivity index (χ3n) is 6.33. The van der Waals surface area contributed by atoms with Gasteiger partial charge < -0.3 is 9.80 Å². The average Bonchev–Trinajstić information content (AvgIpc) is 3.23. The molecule has 0 N–H and O–H groups in total. The zero-order valence-electron chi connectivity index (χ0n) is 17.0. The molecule has 1 fully saturated rings. The van der Waals surface area contributed by atoms with Crippen LogP contribution in [0.2, 0.25) is 0 Å². The van der Waals surface area contributed by atoms with E-state index in [1.165, 1.54) is 28.3 Å². The quantitative estimate of drug-likeness (QED) is 0.793. The molecule has 29 heavy (non-hydrogen) atoms. The fourth-order valence-corrected chi connectivity index (χ4v) is 4.56. The number of urea groups is 1. The normalized spacial score (nSPS) is 23.9. The van der Waals surface area contributed by atoms with E-state index < -0.39 is 12.2 Å². The number of nitrogens with zero attached hydrogens (tertiary/aromatic N) is 5. The Kier molecular flexibility index (Phi) is 3.71. The van der Waals surface area contributed by atoms with Gasteiger partial charge in [-0.3, -0.25) is 14.6 Å². The van der Waals surface area contributed by atoms with Gasteiger partial charge in [-0.25, -0.2) is 9.79 Å². The van der Waals surface area contributed by atoms with Gasteiger partial charge in [0.2, 0.25) is 5.96 Å². The zero-order valence-corrected chi connectivity index (χ0v) is 17.0. The van der Waals surface area contributed by atoms with E-state index in [0.29, 0.717) is 6.54 Å². The number of aliphatic imine (C=N–C) groups is 1. The van der Waals surface area contributed by atoms with Gasteiger partial charge in [0.05, 0.1) is 6.54 Å². The van der Waals surface area contributed by atoms with E-state index in [1.807, 2.05) is 24.0 Å². The van der Waals surface area contributed by atoms with Gasteiger partial charge in [-0.05, 0) is 30.2 Å². The number of carbonyl (C=O) groups excluding carboxylic acids is 2. The number of benzene rings is 2. The Morgan fingerprint density at radius 1 is 0.966 bits per heavy atom. The summed E-state index contributed by atoms with van der Waals surface area (Å²) in [6.45, 7) is 4.73. The first-order chi connectivity index (χ1) is 13.9. The van der Waals surface area contributed by atoms with Gasteiger partial charge in [0.15, 0.2) is 12.2 Å². The van der Waals surface area contributed by atoms with Gasteiger partial charge in [-0.15, -0.1) is 0 Å². The second kappa shape index (κ2) is 6.07. The molecule has 0 aliphatic carbocycles. The number of amides is 3. The van der Waals surface area contributed by atoms with E-state index in [4.69, 9.17) is 4.99 Å². The van der Waals surface area contributed by atoms with E-state index in [1.54, 1.807) is 11.9 Å². The van der Waals surface area contributed by atoms with Crippen LogP contribution in [0.25, 0.3) is 10.8 Å². The molecule has 3 aliphatic rings. The number of allylic oxidation sites excluding steroid dienone is 2. The monoisotopic (exact) mass is 389 g/mol. The Morgan fingerprint density at radius 3 is 2.48 bits per heavy atom. The Hall–Kier alpha value is -3.35. The summed E-state index contributed by atoms with van der Waals surface area (Å²) in [5.74, 6) is 0.530. The lowest BCUT2D eigenvalue weighted by molar-refractivity contribution is -0.135. The first-order valence-corrected chi connectivity index (χ1v) is 9.73. The van der Waals surface area contributed by atoms with Crippen LogP contribution < -0.4 is 0 Å². The van der Waals surface area contributed by atoms with Crippen molar-refractivity contribution >= 4 is 28.7 Å². The molecule has 0 bridgehead atoms. The van der Waals surface area contributed by atoms with Crippen molar-refractivity contribution in [1.82, 2.24) is 19.6 Å². The maximum Gasteiger partial charge on any atom is 0.328 e. The summed E-state index contributed by atoms with van der Waals surface area (Å²) in [6.07, 6.45) is -0.501. The third kappa shape index (κ3) is 2.33. The van der Waals surface area contributed by atoms with Gasteiger partial charge in [0, 0.05) is 25.5 Å². The van der Waals surface area contributed by atoms with E-state index in [-0.39, 0.29) is 11.9 Å². The predicted octanol–water partition coefficient (Wildman–Crippen LogP) is 2.80. The van der Waals surface area contributed by atoms with Crippen LogP contribution in [0.3, 0.4) is 0 Å². The number of carbonyl (C=O) groups is 2. The van der Waals surface area contributed by atoms with Crippen molar-refractivity contribution in [3.05, 3.63) is 59.4 Å². The predicted molar refractivity (Wildman–Crippen MR) is 111 cm³/mol. The molecular formula is C22H23N5O2. The van der Waals surface area contributed by atoms with Crippen LogP contribution in [0.5, 0.6) is 0 Å². The highest BCUT2D eigenvalue weighted by Gasteiger charge is 2.54. The van der Waals surface area contributed by atoms with Crippen molar-refractivity contribution in [2.24, 2.45) is 4.99 Å². The Labute approximate surface area is 169 Å². The van der Waals surface area contributed by atoms with E-state index in [9.17, 15) is 9.59 Å². The first-order valence-electron chi connectivity index (χ1n) is 9.73. The molecule has 0 spiro atoms. The average molecular weight is 389 g/mol. The molecule has 2 aromatic rings. The molecule has 1 saturated heterocycles. The highest BCUT2D eigenvalue weighted by Crippen LogP contribution is 2.38. The van der Waals surface area contributed by atoms with Crippen molar-refractivity contribution in [3.63, 3.8) is 0 Å². The van der Waals surface area contributed by atoms with Gasteiger partial charge in [-0.2, -0.15) is 0 Å². The van der Waals surface area contributed by atoms with E-state index in [2.05, 4.69) is 42.2 Å². The van der Waals surface area contributed by atoms with Crippen molar-refractivity contribution in [3.8, 4) is 0 Å². The van der Waals surface area contributed by atoms with Crippen molar-refractivity contribution in [2.45, 2.75) is 32.6 Å². The maximum atomic E-state index is 12.9. The molecule has 2 unspecified atom stereocenters. The number of guanidine groups is 1. The number of likely N-dealkylation sites (N-methyl/N-ethyl adjacent to an activating group) is 2. The van der Waals surface area contributed by atoms with E-state index in [0.717, 1.165) is 17.4 Å². The van der Waals surface area contributed by atoms with Crippen LogP contribution in [-0.4, -0.2) is 63.8 Å². The summed E-state index contributed by atoms with van der Waals surface area (Å²) >= 11 is 0. The van der Waals surface area contributed by atoms with Crippen LogP contribution in [0.4, 0.5) is 4.79 Å². The number of rotatable bonds is 2.